The Balaban J connectivity index is 2.68. The predicted octanol–water partition coefficient (Wildman–Crippen LogP) is 2.63. The Morgan fingerprint density at radius 1 is 1.33 bits per heavy atom. The SMILES string of the molecule is CCS(=O)(=O)C[C@@H](C)N(C)C(=O)/C=C\c1ccc(Cl)cc1. The number of hydrogen-bond acceptors (Lipinski definition) is 3. The molecule has 6 heteroatoms. The molecule has 0 spiro atoms. The van der Waals surface area contributed by atoms with E-state index in [9.17, 15) is 13.2 Å². The fraction of sp³-hybridized carbons (Fsp3) is 0.400. The number of sulfone groups is 1. The van der Waals surface area contributed by atoms with E-state index < -0.39 is 9.84 Å². The average Bonchev–Trinajstić information content (AvgIpc) is 2.45. The zero-order chi connectivity index (χ0) is 16.0. The third-order valence-corrected chi connectivity index (χ3v) is 5.35. The zero-order valence-corrected chi connectivity index (χ0v) is 14.0. The van der Waals surface area contributed by atoms with Crippen molar-refractivity contribution in [2.75, 3.05) is 18.6 Å². The summed E-state index contributed by atoms with van der Waals surface area (Å²) in [6.45, 7) is 3.32. The van der Waals surface area contributed by atoms with Gasteiger partial charge in [0.15, 0.2) is 9.84 Å². The Labute approximate surface area is 131 Å². The second-order valence-electron chi connectivity index (χ2n) is 4.88. The van der Waals surface area contributed by atoms with Gasteiger partial charge in [0, 0.05) is 29.9 Å². The lowest BCUT2D eigenvalue weighted by molar-refractivity contribution is -0.126. The van der Waals surface area contributed by atoms with Crippen LogP contribution in [-0.4, -0.2) is 43.8 Å². The summed E-state index contributed by atoms with van der Waals surface area (Å²) >= 11 is 5.79. The van der Waals surface area contributed by atoms with E-state index in [1.54, 1.807) is 51.2 Å². The number of likely N-dealkylation sites (N-methyl/N-ethyl adjacent to an activating group) is 1. The standard InChI is InChI=1S/C15H20ClNO3S/c1-4-21(19,20)11-12(2)17(3)15(18)10-7-13-5-8-14(16)9-6-13/h5-10,12H,4,11H2,1-3H3/b10-7-/t12-/m1/s1. The van der Waals surface area contributed by atoms with Crippen molar-refractivity contribution >= 4 is 33.4 Å². The number of benzene rings is 1. The molecule has 0 N–H and O–H groups in total. The normalized spacial score (nSPS) is 13.3. The van der Waals surface area contributed by atoms with Gasteiger partial charge in [0.25, 0.3) is 0 Å². The maximum Gasteiger partial charge on any atom is 0.246 e. The quantitative estimate of drug-likeness (QED) is 0.754. The molecule has 21 heavy (non-hydrogen) atoms. The van der Waals surface area contributed by atoms with Gasteiger partial charge in [-0.15, -0.1) is 0 Å². The molecule has 0 saturated heterocycles. The highest BCUT2D eigenvalue weighted by atomic mass is 35.5. The summed E-state index contributed by atoms with van der Waals surface area (Å²) in [5.74, 6) is -0.177. The van der Waals surface area contributed by atoms with Crippen molar-refractivity contribution in [2.24, 2.45) is 0 Å². The first-order chi connectivity index (χ1) is 9.75. The summed E-state index contributed by atoms with van der Waals surface area (Å²) in [6, 6.07) is 6.73. The number of carbonyl (C=O) groups is 1. The number of hydrogen-bond donors (Lipinski definition) is 0. The van der Waals surface area contributed by atoms with E-state index in [2.05, 4.69) is 0 Å². The van der Waals surface area contributed by atoms with Gasteiger partial charge in [0.05, 0.1) is 5.75 Å². The maximum atomic E-state index is 12.0. The molecule has 1 amide bonds. The summed E-state index contributed by atoms with van der Waals surface area (Å²) in [5, 5.41) is 0.633. The molecule has 0 bridgehead atoms. The van der Waals surface area contributed by atoms with Crippen LogP contribution < -0.4 is 0 Å². The molecule has 0 radical (unpaired) electrons. The van der Waals surface area contributed by atoms with E-state index in [0.717, 1.165) is 5.56 Å². The van der Waals surface area contributed by atoms with Gasteiger partial charge in [0.2, 0.25) is 5.91 Å². The zero-order valence-electron chi connectivity index (χ0n) is 12.4. The number of rotatable bonds is 6. The molecular formula is C15H20ClNO3S. The second-order valence-corrected chi connectivity index (χ2v) is 7.72. The van der Waals surface area contributed by atoms with E-state index >= 15 is 0 Å². The first-order valence-corrected chi connectivity index (χ1v) is 8.86. The van der Waals surface area contributed by atoms with Crippen molar-refractivity contribution in [3.63, 3.8) is 0 Å². The molecule has 1 aromatic carbocycles. The third kappa shape index (κ3) is 5.89. The van der Waals surface area contributed by atoms with Crippen LogP contribution in [0.5, 0.6) is 0 Å². The molecule has 0 saturated carbocycles. The molecule has 0 aromatic heterocycles. The molecule has 4 nitrogen and oxygen atoms in total. The van der Waals surface area contributed by atoms with Gasteiger partial charge in [-0.05, 0) is 30.7 Å². The van der Waals surface area contributed by atoms with E-state index in [1.807, 2.05) is 0 Å². The second kappa shape index (κ2) is 7.61. The van der Waals surface area contributed by atoms with Crippen LogP contribution >= 0.6 is 11.6 Å². The highest BCUT2D eigenvalue weighted by Crippen LogP contribution is 2.11. The molecule has 1 aromatic rings. The molecule has 0 fully saturated rings. The van der Waals surface area contributed by atoms with E-state index in [0.29, 0.717) is 5.02 Å². The third-order valence-electron chi connectivity index (χ3n) is 3.23. The minimum Gasteiger partial charge on any atom is -0.338 e. The van der Waals surface area contributed by atoms with Crippen molar-refractivity contribution in [1.29, 1.82) is 0 Å². The van der Waals surface area contributed by atoms with Gasteiger partial charge >= 0.3 is 0 Å². The van der Waals surface area contributed by atoms with Crippen LogP contribution in [0.15, 0.2) is 30.3 Å². The van der Waals surface area contributed by atoms with Crippen molar-refractivity contribution < 1.29 is 13.2 Å². The fourth-order valence-corrected chi connectivity index (χ4v) is 2.99. The van der Waals surface area contributed by atoms with Crippen LogP contribution in [0.2, 0.25) is 5.02 Å². The lowest BCUT2D eigenvalue weighted by Crippen LogP contribution is -2.38. The molecule has 0 unspecified atom stereocenters. The Kier molecular flexibility index (Phi) is 6.42. The molecule has 0 aliphatic rings. The molecule has 116 valence electrons. The van der Waals surface area contributed by atoms with Crippen molar-refractivity contribution in [2.45, 2.75) is 19.9 Å². The van der Waals surface area contributed by atoms with Crippen LogP contribution in [0.4, 0.5) is 0 Å². The largest absolute Gasteiger partial charge is 0.338 e. The molecule has 0 aliphatic carbocycles. The summed E-state index contributed by atoms with van der Waals surface area (Å²) in [4.78, 5) is 13.4. The van der Waals surface area contributed by atoms with Gasteiger partial charge in [-0.2, -0.15) is 0 Å². The predicted molar refractivity (Wildman–Crippen MR) is 87.0 cm³/mol. The monoisotopic (exact) mass is 329 g/mol. The molecule has 1 rings (SSSR count). The van der Waals surface area contributed by atoms with Crippen molar-refractivity contribution in [1.82, 2.24) is 4.90 Å². The lowest BCUT2D eigenvalue weighted by atomic mass is 10.2. The van der Waals surface area contributed by atoms with Gasteiger partial charge in [0.1, 0.15) is 0 Å². The molecule has 0 heterocycles. The highest BCUT2D eigenvalue weighted by molar-refractivity contribution is 7.91. The van der Waals surface area contributed by atoms with Gasteiger partial charge in [-0.1, -0.05) is 30.7 Å². The van der Waals surface area contributed by atoms with Gasteiger partial charge in [-0.3, -0.25) is 4.79 Å². The van der Waals surface area contributed by atoms with Gasteiger partial charge < -0.3 is 4.90 Å². The minimum atomic E-state index is -3.10. The number of carbonyl (C=O) groups excluding carboxylic acids is 1. The smallest absolute Gasteiger partial charge is 0.246 e. The Morgan fingerprint density at radius 3 is 2.43 bits per heavy atom. The van der Waals surface area contributed by atoms with Crippen molar-refractivity contribution in [3.05, 3.63) is 40.9 Å². The van der Waals surface area contributed by atoms with Crippen LogP contribution in [-0.2, 0) is 14.6 Å². The molecular weight excluding hydrogens is 310 g/mol. The lowest BCUT2D eigenvalue weighted by Gasteiger charge is -2.23. The Morgan fingerprint density at radius 2 is 1.90 bits per heavy atom. The van der Waals surface area contributed by atoms with E-state index in [1.165, 1.54) is 11.0 Å². The summed E-state index contributed by atoms with van der Waals surface area (Å²) in [6.07, 6.45) is 3.11. The first-order valence-electron chi connectivity index (χ1n) is 6.66. The van der Waals surface area contributed by atoms with Crippen molar-refractivity contribution in [3.8, 4) is 0 Å². The summed E-state index contributed by atoms with van der Waals surface area (Å²) in [5.41, 5.74) is 0.856. The summed E-state index contributed by atoms with van der Waals surface area (Å²) < 4.78 is 23.2. The van der Waals surface area contributed by atoms with Gasteiger partial charge in [-0.25, -0.2) is 8.42 Å². The van der Waals surface area contributed by atoms with Crippen LogP contribution in [0, 0.1) is 0 Å². The highest BCUT2D eigenvalue weighted by Gasteiger charge is 2.19. The van der Waals surface area contributed by atoms with E-state index in [4.69, 9.17) is 11.6 Å². The van der Waals surface area contributed by atoms with E-state index in [-0.39, 0.29) is 23.5 Å². The van der Waals surface area contributed by atoms with Crippen LogP contribution in [0.1, 0.15) is 19.4 Å². The maximum absolute atomic E-state index is 12.0. The Bertz CT molecular complexity index is 608. The first kappa shape index (κ1) is 17.7. The number of halogens is 1. The number of nitrogens with zero attached hydrogens (tertiary/aromatic N) is 1. The average molecular weight is 330 g/mol. The number of amides is 1. The molecule has 0 aliphatic heterocycles. The van der Waals surface area contributed by atoms with Crippen LogP contribution in [0.25, 0.3) is 6.08 Å². The minimum absolute atomic E-state index is 0.0273. The molecule has 1 atom stereocenters. The van der Waals surface area contributed by atoms with Crippen LogP contribution in [0.3, 0.4) is 0 Å². The summed E-state index contributed by atoms with van der Waals surface area (Å²) in [7, 11) is -1.50. The topological polar surface area (TPSA) is 54.5 Å². The fourth-order valence-electron chi connectivity index (χ4n) is 1.67. The Hall–Kier alpha value is -1.33.